The largest absolute Gasteiger partial charge is 0.469 e. The maximum atomic E-state index is 11.0. The van der Waals surface area contributed by atoms with Crippen molar-refractivity contribution in [2.24, 2.45) is 0 Å². The fourth-order valence-electron chi connectivity index (χ4n) is 1.66. The van der Waals surface area contributed by atoms with E-state index in [-0.39, 0.29) is 12.0 Å². The fraction of sp³-hybridized carbons (Fsp3) is 0.923. The molecule has 16 heavy (non-hydrogen) atoms. The van der Waals surface area contributed by atoms with Gasteiger partial charge in [-0.3, -0.25) is 4.79 Å². The van der Waals surface area contributed by atoms with E-state index < -0.39 is 0 Å². The zero-order valence-corrected chi connectivity index (χ0v) is 11.1. The average molecular weight is 229 g/mol. The molecule has 3 heteroatoms. The third-order valence-corrected chi connectivity index (χ3v) is 2.72. The van der Waals surface area contributed by atoms with Crippen molar-refractivity contribution in [1.29, 1.82) is 0 Å². The van der Waals surface area contributed by atoms with Crippen molar-refractivity contribution in [3.63, 3.8) is 0 Å². The molecular formula is C13H27NO2. The highest BCUT2D eigenvalue weighted by atomic mass is 16.5. The van der Waals surface area contributed by atoms with E-state index >= 15 is 0 Å². The molecule has 0 unspecified atom stereocenters. The minimum atomic E-state index is -0.136. The van der Waals surface area contributed by atoms with Crippen LogP contribution in [-0.2, 0) is 9.53 Å². The van der Waals surface area contributed by atoms with Gasteiger partial charge < -0.3 is 10.1 Å². The summed E-state index contributed by atoms with van der Waals surface area (Å²) >= 11 is 0. The Balaban J connectivity index is 3.21. The standard InChI is InChI=1S/C13H27NO2/c1-4-5-6-7-8-9-10-14-12(2)11-13(15)16-3/h12,14H,4-11H2,1-3H3/t12-/m0/s1. The molecule has 96 valence electrons. The van der Waals surface area contributed by atoms with Crippen LogP contribution in [-0.4, -0.2) is 25.7 Å². The van der Waals surface area contributed by atoms with Crippen LogP contribution < -0.4 is 5.32 Å². The summed E-state index contributed by atoms with van der Waals surface area (Å²) in [6, 6.07) is 0.225. The minimum absolute atomic E-state index is 0.136. The van der Waals surface area contributed by atoms with Gasteiger partial charge in [0.15, 0.2) is 0 Å². The van der Waals surface area contributed by atoms with Gasteiger partial charge >= 0.3 is 5.97 Å². The zero-order chi connectivity index (χ0) is 12.2. The Morgan fingerprint density at radius 3 is 2.44 bits per heavy atom. The first-order chi connectivity index (χ1) is 7.70. The summed E-state index contributed by atoms with van der Waals surface area (Å²) < 4.78 is 4.61. The second kappa shape index (κ2) is 10.9. The minimum Gasteiger partial charge on any atom is -0.469 e. The summed E-state index contributed by atoms with van der Waals surface area (Å²) in [7, 11) is 1.43. The van der Waals surface area contributed by atoms with Crippen LogP contribution in [0.15, 0.2) is 0 Å². The molecule has 0 bridgehead atoms. The molecule has 0 rings (SSSR count). The molecule has 0 saturated heterocycles. The van der Waals surface area contributed by atoms with E-state index in [0.29, 0.717) is 6.42 Å². The summed E-state index contributed by atoms with van der Waals surface area (Å²) in [6.07, 6.45) is 8.30. The van der Waals surface area contributed by atoms with Crippen molar-refractivity contribution in [3.05, 3.63) is 0 Å². The molecule has 1 N–H and O–H groups in total. The van der Waals surface area contributed by atoms with Crippen LogP contribution in [0.2, 0.25) is 0 Å². The van der Waals surface area contributed by atoms with E-state index in [1.165, 1.54) is 45.6 Å². The highest BCUT2D eigenvalue weighted by Gasteiger charge is 2.07. The van der Waals surface area contributed by atoms with E-state index in [4.69, 9.17) is 0 Å². The summed E-state index contributed by atoms with van der Waals surface area (Å²) in [5.41, 5.74) is 0. The van der Waals surface area contributed by atoms with Gasteiger partial charge in [0.05, 0.1) is 13.5 Å². The number of nitrogens with one attached hydrogen (secondary N) is 1. The first-order valence-electron chi connectivity index (χ1n) is 6.50. The van der Waals surface area contributed by atoms with Gasteiger partial charge in [0, 0.05) is 6.04 Å². The highest BCUT2D eigenvalue weighted by molar-refractivity contribution is 5.69. The third-order valence-electron chi connectivity index (χ3n) is 2.72. The first kappa shape index (κ1) is 15.4. The normalized spacial score (nSPS) is 12.4. The topological polar surface area (TPSA) is 38.3 Å². The lowest BCUT2D eigenvalue weighted by Gasteiger charge is -2.12. The van der Waals surface area contributed by atoms with Crippen molar-refractivity contribution in [2.45, 2.75) is 64.8 Å². The molecule has 0 saturated carbocycles. The lowest BCUT2D eigenvalue weighted by atomic mass is 10.1. The molecule has 0 radical (unpaired) electrons. The average Bonchev–Trinajstić information content (AvgIpc) is 2.27. The van der Waals surface area contributed by atoms with Gasteiger partial charge in [0.1, 0.15) is 0 Å². The molecule has 0 aliphatic rings. The maximum Gasteiger partial charge on any atom is 0.307 e. The van der Waals surface area contributed by atoms with Crippen molar-refractivity contribution >= 4 is 5.97 Å². The second-order valence-corrected chi connectivity index (χ2v) is 4.40. The van der Waals surface area contributed by atoms with Crippen LogP contribution in [0.5, 0.6) is 0 Å². The Bertz CT molecular complexity index is 171. The molecule has 0 spiro atoms. The molecule has 0 aromatic rings. The van der Waals surface area contributed by atoms with Crippen LogP contribution in [0, 0.1) is 0 Å². The van der Waals surface area contributed by atoms with Crippen molar-refractivity contribution in [1.82, 2.24) is 5.32 Å². The Morgan fingerprint density at radius 2 is 1.81 bits per heavy atom. The number of hydrogen-bond donors (Lipinski definition) is 1. The summed E-state index contributed by atoms with van der Waals surface area (Å²) in [5.74, 6) is -0.136. The fourth-order valence-corrected chi connectivity index (χ4v) is 1.66. The predicted molar refractivity (Wildman–Crippen MR) is 67.5 cm³/mol. The number of methoxy groups -OCH3 is 1. The van der Waals surface area contributed by atoms with Gasteiger partial charge in [0.2, 0.25) is 0 Å². The molecule has 1 atom stereocenters. The molecule has 0 amide bonds. The first-order valence-corrected chi connectivity index (χ1v) is 6.50. The SMILES string of the molecule is CCCCCCCCN[C@@H](C)CC(=O)OC. The predicted octanol–water partition coefficient (Wildman–Crippen LogP) is 2.89. The second-order valence-electron chi connectivity index (χ2n) is 4.40. The Kier molecular flexibility index (Phi) is 10.5. The molecule has 3 nitrogen and oxygen atoms in total. The zero-order valence-electron chi connectivity index (χ0n) is 11.1. The molecule has 0 fully saturated rings. The van der Waals surface area contributed by atoms with Crippen molar-refractivity contribution < 1.29 is 9.53 Å². The smallest absolute Gasteiger partial charge is 0.307 e. The summed E-state index contributed by atoms with van der Waals surface area (Å²) in [6.45, 7) is 5.26. The van der Waals surface area contributed by atoms with E-state index in [9.17, 15) is 4.79 Å². The van der Waals surface area contributed by atoms with Gasteiger partial charge in [-0.05, 0) is 19.9 Å². The molecule has 0 heterocycles. The summed E-state index contributed by atoms with van der Waals surface area (Å²) in [4.78, 5) is 11.0. The van der Waals surface area contributed by atoms with E-state index in [0.717, 1.165) is 6.54 Å². The van der Waals surface area contributed by atoms with Crippen LogP contribution in [0.1, 0.15) is 58.8 Å². The number of carbonyl (C=O) groups is 1. The molecular weight excluding hydrogens is 202 g/mol. The van der Waals surface area contributed by atoms with Crippen molar-refractivity contribution in [2.75, 3.05) is 13.7 Å². The number of carbonyl (C=O) groups excluding carboxylic acids is 1. The van der Waals surface area contributed by atoms with Crippen LogP contribution in [0.25, 0.3) is 0 Å². The van der Waals surface area contributed by atoms with E-state index in [1.54, 1.807) is 0 Å². The van der Waals surface area contributed by atoms with Crippen molar-refractivity contribution in [3.8, 4) is 0 Å². The lowest BCUT2D eigenvalue weighted by Crippen LogP contribution is -2.29. The lowest BCUT2D eigenvalue weighted by molar-refractivity contribution is -0.141. The third kappa shape index (κ3) is 9.97. The highest BCUT2D eigenvalue weighted by Crippen LogP contribution is 2.04. The monoisotopic (exact) mass is 229 g/mol. The quantitative estimate of drug-likeness (QED) is 0.462. The number of rotatable bonds is 10. The van der Waals surface area contributed by atoms with Gasteiger partial charge in [-0.15, -0.1) is 0 Å². The van der Waals surface area contributed by atoms with Gasteiger partial charge in [-0.1, -0.05) is 39.0 Å². The van der Waals surface area contributed by atoms with Crippen LogP contribution in [0.4, 0.5) is 0 Å². The number of ether oxygens (including phenoxy) is 1. The van der Waals surface area contributed by atoms with E-state index in [2.05, 4.69) is 17.0 Å². The van der Waals surface area contributed by atoms with Gasteiger partial charge in [-0.25, -0.2) is 0 Å². The van der Waals surface area contributed by atoms with Crippen LogP contribution in [0.3, 0.4) is 0 Å². The Morgan fingerprint density at radius 1 is 1.19 bits per heavy atom. The number of unbranched alkanes of at least 4 members (excludes halogenated alkanes) is 5. The van der Waals surface area contributed by atoms with Gasteiger partial charge in [-0.2, -0.15) is 0 Å². The van der Waals surface area contributed by atoms with Crippen LogP contribution >= 0.6 is 0 Å². The molecule has 0 aliphatic carbocycles. The van der Waals surface area contributed by atoms with E-state index in [1.807, 2.05) is 6.92 Å². The number of hydrogen-bond acceptors (Lipinski definition) is 3. The molecule has 0 aromatic heterocycles. The van der Waals surface area contributed by atoms with Gasteiger partial charge in [0.25, 0.3) is 0 Å². The Labute approximate surface area is 99.9 Å². The molecule has 0 aliphatic heterocycles. The molecule has 0 aromatic carbocycles. The number of esters is 1. The Hall–Kier alpha value is -0.570. The summed E-state index contributed by atoms with van der Waals surface area (Å²) in [5, 5.41) is 3.34. The maximum absolute atomic E-state index is 11.0.